The number of anilines is 2. The molecule has 2 rings (SSSR count). The molecule has 4 nitrogen and oxygen atoms in total. The minimum Gasteiger partial charge on any atom is -0.399 e. The van der Waals surface area contributed by atoms with Gasteiger partial charge < -0.3 is 11.1 Å². The quantitative estimate of drug-likeness (QED) is 0.661. The van der Waals surface area contributed by atoms with E-state index in [1.54, 1.807) is 36.4 Å². The summed E-state index contributed by atoms with van der Waals surface area (Å²) in [4.78, 5) is 23.2. The Morgan fingerprint density at radius 3 is 2.45 bits per heavy atom. The van der Waals surface area contributed by atoms with Crippen molar-refractivity contribution in [2.75, 3.05) is 11.1 Å². The highest BCUT2D eigenvalue weighted by atomic mass is 16.1. The van der Waals surface area contributed by atoms with E-state index in [0.29, 0.717) is 16.9 Å². The molecule has 1 amide bonds. The fourth-order valence-electron chi connectivity index (χ4n) is 1.84. The molecule has 0 unspecified atom stereocenters. The number of carbonyl (C=O) groups is 2. The highest BCUT2D eigenvalue weighted by Crippen LogP contribution is 2.12. The van der Waals surface area contributed by atoms with Crippen molar-refractivity contribution in [3.63, 3.8) is 0 Å². The van der Waals surface area contributed by atoms with Gasteiger partial charge in [0.1, 0.15) is 0 Å². The van der Waals surface area contributed by atoms with E-state index in [0.717, 1.165) is 5.56 Å². The lowest BCUT2D eigenvalue weighted by atomic mass is 10.1. The molecule has 102 valence electrons. The van der Waals surface area contributed by atoms with Crippen LogP contribution in [0, 0.1) is 0 Å². The molecule has 2 aromatic carbocycles. The van der Waals surface area contributed by atoms with E-state index in [4.69, 9.17) is 5.73 Å². The summed E-state index contributed by atoms with van der Waals surface area (Å²) in [5.41, 5.74) is 8.35. The maximum Gasteiger partial charge on any atom is 0.228 e. The van der Waals surface area contributed by atoms with Gasteiger partial charge in [0.05, 0.1) is 6.42 Å². The van der Waals surface area contributed by atoms with E-state index in [9.17, 15) is 9.59 Å². The molecule has 0 saturated carbocycles. The summed E-state index contributed by atoms with van der Waals surface area (Å²) >= 11 is 0. The van der Waals surface area contributed by atoms with Gasteiger partial charge in [0.25, 0.3) is 0 Å². The molecule has 0 atom stereocenters. The zero-order chi connectivity index (χ0) is 14.5. The number of hydrogen-bond acceptors (Lipinski definition) is 3. The second kappa shape index (κ2) is 6.02. The van der Waals surface area contributed by atoms with Gasteiger partial charge in [-0.3, -0.25) is 9.59 Å². The van der Waals surface area contributed by atoms with Gasteiger partial charge in [-0.1, -0.05) is 24.3 Å². The second-order valence-corrected chi connectivity index (χ2v) is 4.60. The second-order valence-electron chi connectivity index (χ2n) is 4.60. The molecule has 0 heterocycles. The van der Waals surface area contributed by atoms with Crippen molar-refractivity contribution in [3.8, 4) is 0 Å². The van der Waals surface area contributed by atoms with Crippen molar-refractivity contribution in [1.82, 2.24) is 0 Å². The molecule has 0 fully saturated rings. The number of nitrogens with one attached hydrogen (secondary N) is 1. The Labute approximate surface area is 117 Å². The Kier molecular flexibility index (Phi) is 4.15. The Morgan fingerprint density at radius 2 is 1.80 bits per heavy atom. The third-order valence-electron chi connectivity index (χ3n) is 2.90. The van der Waals surface area contributed by atoms with Crippen LogP contribution in [0.1, 0.15) is 22.8 Å². The van der Waals surface area contributed by atoms with Gasteiger partial charge in [-0.25, -0.2) is 0 Å². The third kappa shape index (κ3) is 3.68. The number of ketones is 1. The largest absolute Gasteiger partial charge is 0.399 e. The lowest BCUT2D eigenvalue weighted by molar-refractivity contribution is -0.115. The fourth-order valence-corrected chi connectivity index (χ4v) is 1.84. The molecule has 4 heteroatoms. The molecule has 2 aromatic rings. The Bertz CT molecular complexity index is 633. The molecule has 0 radical (unpaired) electrons. The Hall–Kier alpha value is -2.62. The Morgan fingerprint density at radius 1 is 1.10 bits per heavy atom. The average molecular weight is 268 g/mol. The van der Waals surface area contributed by atoms with Crippen LogP contribution in [0.2, 0.25) is 0 Å². The van der Waals surface area contributed by atoms with Crippen molar-refractivity contribution in [2.24, 2.45) is 0 Å². The van der Waals surface area contributed by atoms with Crippen LogP contribution in [0.5, 0.6) is 0 Å². The van der Waals surface area contributed by atoms with Gasteiger partial charge in [-0.15, -0.1) is 0 Å². The zero-order valence-corrected chi connectivity index (χ0v) is 11.2. The standard InChI is InChI=1S/C16H16N2O2/c1-11(19)13-3-2-4-15(10-13)18-16(20)9-12-5-7-14(17)8-6-12/h2-8,10H,9,17H2,1H3,(H,18,20). The fraction of sp³-hybridized carbons (Fsp3) is 0.125. The van der Waals surface area contributed by atoms with Gasteiger partial charge in [0.15, 0.2) is 5.78 Å². The summed E-state index contributed by atoms with van der Waals surface area (Å²) in [6.45, 7) is 1.50. The molecule has 0 aliphatic carbocycles. The van der Waals surface area contributed by atoms with E-state index in [1.165, 1.54) is 6.92 Å². The van der Waals surface area contributed by atoms with Crippen LogP contribution < -0.4 is 11.1 Å². The number of amides is 1. The molecule has 0 aromatic heterocycles. The van der Waals surface area contributed by atoms with Gasteiger partial charge in [0.2, 0.25) is 5.91 Å². The van der Waals surface area contributed by atoms with Crippen molar-refractivity contribution in [2.45, 2.75) is 13.3 Å². The van der Waals surface area contributed by atoms with Crippen LogP contribution >= 0.6 is 0 Å². The summed E-state index contributed by atoms with van der Waals surface area (Å²) in [7, 11) is 0. The van der Waals surface area contributed by atoms with E-state index in [2.05, 4.69) is 5.32 Å². The molecule has 0 bridgehead atoms. The molecule has 0 aliphatic rings. The van der Waals surface area contributed by atoms with Gasteiger partial charge in [0, 0.05) is 16.9 Å². The van der Waals surface area contributed by atoms with Crippen molar-refractivity contribution >= 4 is 23.1 Å². The Balaban J connectivity index is 2.02. The predicted molar refractivity (Wildman–Crippen MR) is 79.6 cm³/mol. The number of rotatable bonds is 4. The first-order chi connectivity index (χ1) is 9.54. The van der Waals surface area contributed by atoms with Crippen LogP contribution in [0.3, 0.4) is 0 Å². The van der Waals surface area contributed by atoms with Gasteiger partial charge in [-0.05, 0) is 36.8 Å². The van der Waals surface area contributed by atoms with Gasteiger partial charge >= 0.3 is 0 Å². The SMILES string of the molecule is CC(=O)c1cccc(NC(=O)Cc2ccc(N)cc2)c1. The maximum atomic E-state index is 11.9. The van der Waals surface area contributed by atoms with Crippen LogP contribution in [0.4, 0.5) is 11.4 Å². The summed E-state index contributed by atoms with van der Waals surface area (Å²) in [5, 5.41) is 2.78. The number of benzene rings is 2. The third-order valence-corrected chi connectivity index (χ3v) is 2.90. The average Bonchev–Trinajstić information content (AvgIpc) is 2.41. The van der Waals surface area contributed by atoms with E-state index >= 15 is 0 Å². The summed E-state index contributed by atoms with van der Waals surface area (Å²) < 4.78 is 0. The molecular formula is C16H16N2O2. The normalized spacial score (nSPS) is 10.1. The van der Waals surface area contributed by atoms with E-state index in [1.807, 2.05) is 12.1 Å². The van der Waals surface area contributed by atoms with Crippen LogP contribution in [0.15, 0.2) is 48.5 Å². The molecule has 0 spiro atoms. The van der Waals surface area contributed by atoms with Gasteiger partial charge in [-0.2, -0.15) is 0 Å². The van der Waals surface area contributed by atoms with E-state index < -0.39 is 0 Å². The first-order valence-corrected chi connectivity index (χ1v) is 6.30. The van der Waals surface area contributed by atoms with Crippen molar-refractivity contribution in [1.29, 1.82) is 0 Å². The zero-order valence-electron chi connectivity index (χ0n) is 11.2. The highest BCUT2D eigenvalue weighted by molar-refractivity contribution is 5.97. The summed E-state index contributed by atoms with van der Waals surface area (Å²) in [5.74, 6) is -0.157. The van der Waals surface area contributed by atoms with Crippen LogP contribution in [-0.4, -0.2) is 11.7 Å². The number of carbonyl (C=O) groups excluding carboxylic acids is 2. The minimum atomic E-state index is -0.129. The topological polar surface area (TPSA) is 72.2 Å². The van der Waals surface area contributed by atoms with Crippen LogP contribution in [-0.2, 0) is 11.2 Å². The molecule has 0 saturated heterocycles. The first kappa shape index (κ1) is 13.8. The highest BCUT2D eigenvalue weighted by Gasteiger charge is 2.06. The summed E-state index contributed by atoms with van der Waals surface area (Å²) in [6, 6.07) is 14.1. The molecule has 0 aliphatic heterocycles. The first-order valence-electron chi connectivity index (χ1n) is 6.30. The predicted octanol–water partition coefficient (Wildman–Crippen LogP) is 2.65. The molecule has 3 N–H and O–H groups in total. The van der Waals surface area contributed by atoms with E-state index in [-0.39, 0.29) is 18.1 Å². The number of hydrogen-bond donors (Lipinski definition) is 2. The lowest BCUT2D eigenvalue weighted by Gasteiger charge is -2.06. The van der Waals surface area contributed by atoms with Crippen LogP contribution in [0.25, 0.3) is 0 Å². The monoisotopic (exact) mass is 268 g/mol. The molecular weight excluding hydrogens is 252 g/mol. The minimum absolute atomic E-state index is 0.0281. The van der Waals surface area contributed by atoms with Crippen molar-refractivity contribution in [3.05, 3.63) is 59.7 Å². The maximum absolute atomic E-state index is 11.9. The molecule has 20 heavy (non-hydrogen) atoms. The summed E-state index contributed by atoms with van der Waals surface area (Å²) in [6.07, 6.45) is 0.268. The number of Topliss-reactive ketones (excluding diaryl/α,β-unsaturated/α-hetero) is 1. The lowest BCUT2D eigenvalue weighted by Crippen LogP contribution is -2.14. The number of nitrogens with two attached hydrogens (primary N) is 1. The number of nitrogen functional groups attached to an aromatic ring is 1. The van der Waals surface area contributed by atoms with Crippen molar-refractivity contribution < 1.29 is 9.59 Å². The smallest absolute Gasteiger partial charge is 0.228 e.